The molecule has 2 amide bonds. The summed E-state index contributed by atoms with van der Waals surface area (Å²) < 4.78 is 0. The van der Waals surface area contributed by atoms with Crippen molar-refractivity contribution in [3.63, 3.8) is 0 Å². The van der Waals surface area contributed by atoms with Gasteiger partial charge < -0.3 is 20.2 Å². The number of rotatable bonds is 8. The zero-order valence-electron chi connectivity index (χ0n) is 13.5. The van der Waals surface area contributed by atoms with Crippen LogP contribution in [0.25, 0.3) is 0 Å². The Bertz CT molecular complexity index is 347. The molecule has 0 saturated carbocycles. The van der Waals surface area contributed by atoms with Gasteiger partial charge in [-0.25, -0.2) is 4.79 Å². The van der Waals surface area contributed by atoms with E-state index in [1.807, 2.05) is 0 Å². The first kappa shape index (κ1) is 17.8. The number of aliphatic carboxylic acids is 1. The lowest BCUT2D eigenvalue weighted by atomic mass is 10.0. The molecule has 0 aliphatic carbocycles. The predicted molar refractivity (Wildman–Crippen MR) is 82.3 cm³/mol. The Hall–Kier alpha value is -1.30. The first-order valence-electron chi connectivity index (χ1n) is 7.85. The number of amides is 2. The largest absolute Gasteiger partial charge is 0.481 e. The number of urea groups is 1. The summed E-state index contributed by atoms with van der Waals surface area (Å²) >= 11 is 0. The van der Waals surface area contributed by atoms with Gasteiger partial charge in [-0.2, -0.15) is 0 Å². The van der Waals surface area contributed by atoms with Gasteiger partial charge in [-0.3, -0.25) is 4.79 Å². The van der Waals surface area contributed by atoms with E-state index in [-0.39, 0.29) is 12.5 Å². The second-order valence-corrected chi connectivity index (χ2v) is 6.19. The van der Waals surface area contributed by atoms with Crippen LogP contribution in [-0.4, -0.2) is 66.2 Å². The van der Waals surface area contributed by atoms with Crippen LogP contribution in [0.3, 0.4) is 0 Å². The fourth-order valence-electron chi connectivity index (χ4n) is 2.47. The molecule has 2 N–H and O–H groups in total. The number of likely N-dealkylation sites (tertiary alicyclic amines) is 1. The number of nitrogens with one attached hydrogen (secondary N) is 1. The summed E-state index contributed by atoms with van der Waals surface area (Å²) in [4.78, 5) is 26.6. The lowest BCUT2D eigenvalue weighted by Crippen LogP contribution is -2.39. The fraction of sp³-hybridized carbons (Fsp3) is 0.867. The molecule has 0 spiro atoms. The van der Waals surface area contributed by atoms with Crippen molar-refractivity contribution in [3.05, 3.63) is 0 Å². The summed E-state index contributed by atoms with van der Waals surface area (Å²) in [5, 5.41) is 11.6. The molecule has 1 rings (SSSR count). The predicted octanol–water partition coefficient (Wildman–Crippen LogP) is 1.61. The third-order valence-electron chi connectivity index (χ3n) is 4.18. The molecule has 0 aromatic heterocycles. The van der Waals surface area contributed by atoms with E-state index >= 15 is 0 Å². The third kappa shape index (κ3) is 6.80. The quantitative estimate of drug-likeness (QED) is 0.668. The highest BCUT2D eigenvalue weighted by atomic mass is 16.4. The average Bonchev–Trinajstić information content (AvgIpc) is 2.89. The minimum absolute atomic E-state index is 0.0139. The van der Waals surface area contributed by atoms with Crippen LogP contribution in [0.4, 0.5) is 4.79 Å². The van der Waals surface area contributed by atoms with Crippen molar-refractivity contribution in [2.75, 3.05) is 33.2 Å². The molecule has 1 saturated heterocycles. The maximum atomic E-state index is 12.0. The van der Waals surface area contributed by atoms with Gasteiger partial charge in [-0.15, -0.1) is 0 Å². The Morgan fingerprint density at radius 2 is 2.14 bits per heavy atom. The molecule has 1 aliphatic rings. The Kier molecular flexibility index (Phi) is 7.50. The zero-order valence-corrected chi connectivity index (χ0v) is 13.5. The summed E-state index contributed by atoms with van der Waals surface area (Å²) in [7, 11) is 2.08. The number of carbonyl (C=O) groups is 2. The molecule has 1 aliphatic heterocycles. The molecule has 1 fully saturated rings. The van der Waals surface area contributed by atoms with Crippen molar-refractivity contribution in [1.82, 2.24) is 15.1 Å². The second kappa shape index (κ2) is 8.87. The van der Waals surface area contributed by atoms with Crippen LogP contribution in [-0.2, 0) is 4.79 Å². The average molecular weight is 299 g/mol. The standard InChI is InChI=1S/C15H29N3O3/c1-12(2)17(3)9-4-8-16-15(21)18-10-7-13(11-18)5-6-14(19)20/h12-13H,4-11H2,1-3H3,(H,16,21)(H,19,20). The van der Waals surface area contributed by atoms with Crippen LogP contribution in [0.2, 0.25) is 0 Å². The molecule has 0 aromatic carbocycles. The van der Waals surface area contributed by atoms with Gasteiger partial charge in [0, 0.05) is 32.1 Å². The molecular formula is C15H29N3O3. The molecule has 1 atom stereocenters. The number of hydrogen-bond donors (Lipinski definition) is 2. The minimum atomic E-state index is -0.757. The molecule has 1 unspecified atom stereocenters. The van der Waals surface area contributed by atoms with Gasteiger partial charge in [-0.05, 0) is 52.6 Å². The first-order chi connectivity index (χ1) is 9.90. The summed E-state index contributed by atoms with van der Waals surface area (Å²) in [6, 6.07) is 0.509. The zero-order chi connectivity index (χ0) is 15.8. The molecule has 0 radical (unpaired) electrons. The summed E-state index contributed by atoms with van der Waals surface area (Å²) in [5.41, 5.74) is 0. The monoisotopic (exact) mass is 299 g/mol. The summed E-state index contributed by atoms with van der Waals surface area (Å²) in [6.45, 7) is 7.39. The lowest BCUT2D eigenvalue weighted by Gasteiger charge is -2.21. The highest BCUT2D eigenvalue weighted by molar-refractivity contribution is 5.74. The van der Waals surface area contributed by atoms with E-state index in [1.54, 1.807) is 4.90 Å². The van der Waals surface area contributed by atoms with E-state index in [0.717, 1.165) is 25.9 Å². The number of nitrogens with zero attached hydrogens (tertiary/aromatic N) is 2. The first-order valence-corrected chi connectivity index (χ1v) is 7.85. The lowest BCUT2D eigenvalue weighted by molar-refractivity contribution is -0.137. The van der Waals surface area contributed by atoms with E-state index < -0.39 is 5.97 Å². The molecular weight excluding hydrogens is 270 g/mol. The molecule has 0 bridgehead atoms. The van der Waals surface area contributed by atoms with Gasteiger partial charge in [-0.1, -0.05) is 0 Å². The maximum Gasteiger partial charge on any atom is 0.317 e. The molecule has 6 heteroatoms. The fourth-order valence-corrected chi connectivity index (χ4v) is 2.47. The van der Waals surface area contributed by atoms with Crippen LogP contribution in [0.15, 0.2) is 0 Å². The van der Waals surface area contributed by atoms with Crippen LogP contribution < -0.4 is 5.32 Å². The van der Waals surface area contributed by atoms with Crippen LogP contribution in [0.5, 0.6) is 0 Å². The highest BCUT2D eigenvalue weighted by Gasteiger charge is 2.26. The Balaban J connectivity index is 2.14. The van der Waals surface area contributed by atoms with Gasteiger partial charge in [0.05, 0.1) is 0 Å². The van der Waals surface area contributed by atoms with Crippen molar-refractivity contribution in [1.29, 1.82) is 0 Å². The minimum Gasteiger partial charge on any atom is -0.481 e. The van der Waals surface area contributed by atoms with Crippen molar-refractivity contribution in [2.45, 2.75) is 45.6 Å². The number of carbonyl (C=O) groups excluding carboxylic acids is 1. The number of carboxylic acid groups (broad SMARTS) is 1. The number of hydrogen-bond acceptors (Lipinski definition) is 3. The molecule has 122 valence electrons. The molecule has 1 heterocycles. The van der Waals surface area contributed by atoms with E-state index in [0.29, 0.717) is 31.5 Å². The Labute approximate surface area is 127 Å². The molecule has 21 heavy (non-hydrogen) atoms. The summed E-state index contributed by atoms with van der Waals surface area (Å²) in [5.74, 6) is -0.425. The Morgan fingerprint density at radius 3 is 2.76 bits per heavy atom. The Morgan fingerprint density at radius 1 is 1.43 bits per heavy atom. The van der Waals surface area contributed by atoms with Gasteiger partial charge in [0.25, 0.3) is 0 Å². The smallest absolute Gasteiger partial charge is 0.317 e. The molecule has 0 aromatic rings. The number of carboxylic acids is 1. The van der Waals surface area contributed by atoms with Crippen molar-refractivity contribution in [2.24, 2.45) is 5.92 Å². The molecule has 6 nitrogen and oxygen atoms in total. The normalized spacial score (nSPS) is 18.5. The van der Waals surface area contributed by atoms with Gasteiger partial charge in [0.15, 0.2) is 0 Å². The van der Waals surface area contributed by atoms with E-state index in [4.69, 9.17) is 5.11 Å². The van der Waals surface area contributed by atoms with Crippen molar-refractivity contribution >= 4 is 12.0 Å². The SMILES string of the molecule is CC(C)N(C)CCCNC(=O)N1CCC(CCC(=O)O)C1. The van der Waals surface area contributed by atoms with Crippen LogP contribution in [0, 0.1) is 5.92 Å². The third-order valence-corrected chi connectivity index (χ3v) is 4.18. The van der Waals surface area contributed by atoms with E-state index in [9.17, 15) is 9.59 Å². The van der Waals surface area contributed by atoms with Crippen LogP contribution >= 0.6 is 0 Å². The van der Waals surface area contributed by atoms with Gasteiger partial charge in [0.1, 0.15) is 0 Å². The highest BCUT2D eigenvalue weighted by Crippen LogP contribution is 2.20. The topological polar surface area (TPSA) is 72.9 Å². The maximum absolute atomic E-state index is 12.0. The summed E-state index contributed by atoms with van der Waals surface area (Å²) in [6.07, 6.45) is 2.72. The van der Waals surface area contributed by atoms with Crippen LogP contribution in [0.1, 0.15) is 39.5 Å². The van der Waals surface area contributed by atoms with Gasteiger partial charge >= 0.3 is 12.0 Å². The van der Waals surface area contributed by atoms with Crippen molar-refractivity contribution < 1.29 is 14.7 Å². The van der Waals surface area contributed by atoms with Gasteiger partial charge in [0.2, 0.25) is 0 Å². The van der Waals surface area contributed by atoms with E-state index in [1.165, 1.54) is 0 Å². The van der Waals surface area contributed by atoms with E-state index in [2.05, 4.69) is 31.1 Å². The second-order valence-electron chi connectivity index (χ2n) is 6.19. The van der Waals surface area contributed by atoms with Crippen molar-refractivity contribution in [3.8, 4) is 0 Å².